The quantitative estimate of drug-likeness (QED) is 0.416. The van der Waals surface area contributed by atoms with Crippen molar-refractivity contribution in [3.63, 3.8) is 0 Å². The molecule has 0 amide bonds. The lowest BCUT2D eigenvalue weighted by Crippen LogP contribution is -2.26. The van der Waals surface area contributed by atoms with Gasteiger partial charge in [0.2, 0.25) is 0 Å². The fourth-order valence-corrected chi connectivity index (χ4v) is 4.64. The minimum Gasteiger partial charge on any atom is -0.491 e. The second-order valence-electron chi connectivity index (χ2n) is 6.13. The van der Waals surface area contributed by atoms with E-state index in [0.717, 1.165) is 30.0 Å². The number of rotatable bonds is 8. The van der Waals surface area contributed by atoms with Crippen LogP contribution in [-0.2, 0) is 20.6 Å². The van der Waals surface area contributed by atoms with E-state index < -0.39 is 0 Å². The van der Waals surface area contributed by atoms with Gasteiger partial charge in [0.15, 0.2) is 6.29 Å². The van der Waals surface area contributed by atoms with Gasteiger partial charge in [-0.2, -0.15) is 0 Å². The number of methoxy groups -OCH3 is 3. The number of allylic oxidation sites excluding steroid dienone is 1. The van der Waals surface area contributed by atoms with Gasteiger partial charge in [0.25, 0.3) is 0 Å². The number of anilines is 2. The van der Waals surface area contributed by atoms with Crippen LogP contribution in [-0.4, -0.2) is 52.1 Å². The zero-order valence-corrected chi connectivity index (χ0v) is 15.7. The van der Waals surface area contributed by atoms with Gasteiger partial charge in [0.05, 0.1) is 29.3 Å². The van der Waals surface area contributed by atoms with Crippen LogP contribution in [0.1, 0.15) is 12.0 Å². The van der Waals surface area contributed by atoms with Gasteiger partial charge >= 0.3 is 0 Å². The van der Waals surface area contributed by atoms with Crippen LogP contribution >= 0.6 is 11.8 Å². The van der Waals surface area contributed by atoms with E-state index in [-0.39, 0.29) is 12.3 Å². The highest BCUT2D eigenvalue weighted by molar-refractivity contribution is 8.04. The molecule has 0 aromatic heterocycles. The maximum absolute atomic E-state index is 6.22. The lowest BCUT2D eigenvalue weighted by molar-refractivity contribution is -0.100. The molecule has 2 heterocycles. The summed E-state index contributed by atoms with van der Waals surface area (Å²) in [6.45, 7) is 1.08. The highest BCUT2D eigenvalue weighted by Gasteiger charge is 2.33. The minimum atomic E-state index is -0.187. The molecule has 25 heavy (non-hydrogen) atoms. The first-order chi connectivity index (χ1) is 12.2. The normalized spacial score (nSPS) is 22.0. The smallest absolute Gasteiger partial charge is 0.169 e. The maximum atomic E-state index is 6.22. The lowest BCUT2D eigenvalue weighted by Gasteiger charge is -2.21. The van der Waals surface area contributed by atoms with Crippen LogP contribution in [0.2, 0.25) is 0 Å². The second kappa shape index (κ2) is 8.31. The summed E-state index contributed by atoms with van der Waals surface area (Å²) in [6.07, 6.45) is 3.93. The summed E-state index contributed by atoms with van der Waals surface area (Å²) in [4.78, 5) is 1.32. The van der Waals surface area contributed by atoms with Crippen molar-refractivity contribution in [2.45, 2.75) is 30.4 Å². The molecule has 0 aliphatic carbocycles. The Kier molecular flexibility index (Phi) is 6.11. The molecular formula is C18H26N2O4S. The number of ether oxygens (including phenoxy) is 4. The molecule has 2 atom stereocenters. The van der Waals surface area contributed by atoms with Crippen LogP contribution in [0, 0.1) is 0 Å². The third kappa shape index (κ3) is 4.06. The molecule has 7 heteroatoms. The average Bonchev–Trinajstić information content (AvgIpc) is 3.23. The predicted molar refractivity (Wildman–Crippen MR) is 101 cm³/mol. The molecule has 2 aliphatic heterocycles. The number of thioether (sulfide) groups is 1. The van der Waals surface area contributed by atoms with E-state index in [2.05, 4.69) is 17.5 Å². The largest absolute Gasteiger partial charge is 0.491 e. The zero-order valence-electron chi connectivity index (χ0n) is 14.9. The fourth-order valence-electron chi connectivity index (χ4n) is 3.27. The SMILES string of the molecule is COCCOc1cc(N)c2c(c1)CC(C1=CCC(C(OC)OC)S1)N2. The molecule has 6 nitrogen and oxygen atoms in total. The van der Waals surface area contributed by atoms with E-state index >= 15 is 0 Å². The van der Waals surface area contributed by atoms with Gasteiger partial charge in [-0.1, -0.05) is 6.08 Å². The van der Waals surface area contributed by atoms with E-state index in [0.29, 0.717) is 18.5 Å². The molecule has 0 bridgehead atoms. The summed E-state index contributed by atoms with van der Waals surface area (Å²) in [7, 11) is 5.03. The van der Waals surface area contributed by atoms with Gasteiger partial charge in [0.1, 0.15) is 12.4 Å². The number of nitrogens with one attached hydrogen (secondary N) is 1. The molecule has 0 fully saturated rings. The molecule has 3 rings (SSSR count). The van der Waals surface area contributed by atoms with Crippen molar-refractivity contribution in [1.82, 2.24) is 0 Å². The van der Waals surface area contributed by atoms with Gasteiger partial charge in [0, 0.05) is 32.3 Å². The number of nitrogens with two attached hydrogens (primary N) is 1. The molecule has 3 N–H and O–H groups in total. The molecule has 0 radical (unpaired) electrons. The topological polar surface area (TPSA) is 75.0 Å². The van der Waals surface area contributed by atoms with Crippen molar-refractivity contribution in [2.24, 2.45) is 0 Å². The van der Waals surface area contributed by atoms with Crippen molar-refractivity contribution in [2.75, 3.05) is 45.6 Å². The molecule has 0 saturated carbocycles. The Labute approximate surface area is 153 Å². The Balaban J connectivity index is 1.64. The van der Waals surface area contributed by atoms with Crippen LogP contribution in [0.3, 0.4) is 0 Å². The van der Waals surface area contributed by atoms with Gasteiger partial charge in [-0.05, 0) is 24.5 Å². The van der Waals surface area contributed by atoms with Gasteiger partial charge in [-0.15, -0.1) is 11.8 Å². The highest BCUT2D eigenvalue weighted by atomic mass is 32.2. The van der Waals surface area contributed by atoms with Gasteiger partial charge in [-0.3, -0.25) is 0 Å². The minimum absolute atomic E-state index is 0.187. The van der Waals surface area contributed by atoms with Crippen molar-refractivity contribution >= 4 is 23.1 Å². The number of hydrogen-bond acceptors (Lipinski definition) is 7. The van der Waals surface area contributed by atoms with Crippen molar-refractivity contribution < 1.29 is 18.9 Å². The first kappa shape index (κ1) is 18.4. The van der Waals surface area contributed by atoms with Crippen LogP contribution in [0.25, 0.3) is 0 Å². The number of fused-ring (bicyclic) bond motifs is 1. The first-order valence-corrected chi connectivity index (χ1v) is 9.27. The Bertz CT molecular complexity index is 634. The monoisotopic (exact) mass is 366 g/mol. The van der Waals surface area contributed by atoms with E-state index in [1.807, 2.05) is 17.8 Å². The molecule has 0 spiro atoms. The Morgan fingerprint density at radius 3 is 2.76 bits per heavy atom. The highest BCUT2D eigenvalue weighted by Crippen LogP contribution is 2.44. The first-order valence-electron chi connectivity index (χ1n) is 8.39. The number of hydrogen-bond donors (Lipinski definition) is 2. The zero-order chi connectivity index (χ0) is 17.8. The molecule has 2 aliphatic rings. The molecule has 2 unspecified atom stereocenters. The van der Waals surface area contributed by atoms with Gasteiger partial charge in [-0.25, -0.2) is 0 Å². The van der Waals surface area contributed by atoms with Crippen molar-refractivity contribution in [1.29, 1.82) is 0 Å². The van der Waals surface area contributed by atoms with E-state index in [1.165, 1.54) is 10.5 Å². The Morgan fingerprint density at radius 1 is 1.24 bits per heavy atom. The maximum Gasteiger partial charge on any atom is 0.169 e. The Hall–Kier alpha value is -1.41. The summed E-state index contributed by atoms with van der Waals surface area (Å²) in [5.74, 6) is 0.792. The van der Waals surface area contributed by atoms with Crippen LogP contribution in [0.4, 0.5) is 11.4 Å². The fraction of sp³-hybridized carbons (Fsp3) is 0.556. The van der Waals surface area contributed by atoms with Gasteiger partial charge < -0.3 is 30.0 Å². The molecule has 1 aromatic rings. The number of nitrogen functional groups attached to an aromatic ring is 1. The summed E-state index contributed by atoms with van der Waals surface area (Å²) >= 11 is 1.82. The predicted octanol–water partition coefficient (Wildman–Crippen LogP) is 2.64. The summed E-state index contributed by atoms with van der Waals surface area (Å²) in [5, 5.41) is 3.85. The third-order valence-electron chi connectivity index (χ3n) is 4.47. The van der Waals surface area contributed by atoms with Crippen molar-refractivity contribution in [3.8, 4) is 5.75 Å². The van der Waals surface area contributed by atoms with Crippen molar-refractivity contribution in [3.05, 3.63) is 28.7 Å². The van der Waals surface area contributed by atoms with Crippen LogP contribution in [0.5, 0.6) is 5.75 Å². The van der Waals surface area contributed by atoms with E-state index in [4.69, 9.17) is 24.7 Å². The molecule has 1 aromatic carbocycles. The molecular weight excluding hydrogens is 340 g/mol. The third-order valence-corrected chi connectivity index (χ3v) is 5.91. The van der Waals surface area contributed by atoms with Crippen LogP contribution < -0.4 is 15.8 Å². The Morgan fingerprint density at radius 2 is 2.04 bits per heavy atom. The lowest BCUT2D eigenvalue weighted by atomic mass is 10.1. The second-order valence-corrected chi connectivity index (χ2v) is 7.44. The summed E-state index contributed by atoms with van der Waals surface area (Å²) in [6, 6.07) is 4.18. The molecule has 138 valence electrons. The van der Waals surface area contributed by atoms with Crippen LogP contribution in [0.15, 0.2) is 23.1 Å². The standard InChI is InChI=1S/C18H26N2O4S/c1-21-6-7-24-12-8-11-9-14(20-17(11)13(19)10-12)15-4-5-16(25-15)18(22-2)23-3/h4,8,10,14,16,18,20H,5-7,9,19H2,1-3H3. The van der Waals surface area contributed by atoms with E-state index in [1.54, 1.807) is 21.3 Å². The van der Waals surface area contributed by atoms with E-state index in [9.17, 15) is 0 Å². The summed E-state index contributed by atoms with van der Waals surface area (Å²) < 4.78 is 21.5. The average molecular weight is 366 g/mol. The molecule has 0 saturated heterocycles. The summed E-state index contributed by atoms with van der Waals surface area (Å²) in [5.41, 5.74) is 9.15. The number of benzene rings is 1.